The molecule has 4 aromatic heterocycles. The summed E-state index contributed by atoms with van der Waals surface area (Å²) >= 11 is 0. The molecule has 0 amide bonds. The fourth-order valence-electron chi connectivity index (χ4n) is 4.67. The number of pyridine rings is 4. The number of rotatable bonds is 9. The Labute approximate surface area is 231 Å². The first-order chi connectivity index (χ1) is 18.1. The van der Waals surface area contributed by atoms with Gasteiger partial charge in [0.25, 0.3) is 0 Å². The van der Waals surface area contributed by atoms with E-state index in [1.54, 1.807) is 0 Å². The lowest BCUT2D eigenvalue weighted by atomic mass is 10.2. The van der Waals surface area contributed by atoms with E-state index < -0.39 is 15.8 Å². The zero-order valence-corrected chi connectivity index (χ0v) is 25.7. The fraction of sp³-hybridized carbons (Fsp3) is 0.375. The molecule has 0 spiro atoms. The van der Waals surface area contributed by atoms with Crippen LogP contribution in [0.1, 0.15) is 52.9 Å². The number of aromatic nitrogens is 4. The van der Waals surface area contributed by atoms with E-state index in [9.17, 15) is 0 Å². The molecular weight excluding hydrogens is 502 g/mol. The second kappa shape index (κ2) is 12.5. The van der Waals surface area contributed by atoms with Gasteiger partial charge in [0.1, 0.15) is 0 Å². The summed E-state index contributed by atoms with van der Waals surface area (Å²) in [6.07, 6.45) is 8.45. The lowest BCUT2D eigenvalue weighted by Gasteiger charge is -2.28. The molecule has 0 fully saturated rings. The zero-order chi connectivity index (χ0) is 27.2. The van der Waals surface area contributed by atoms with E-state index in [-0.39, 0.29) is 0 Å². The third-order valence-electron chi connectivity index (χ3n) is 7.11. The van der Waals surface area contributed by atoms with Crippen LogP contribution in [0.5, 0.6) is 0 Å². The fourth-order valence-corrected chi connectivity index (χ4v) is 11.3. The molecule has 0 aliphatic heterocycles. The maximum Gasteiger partial charge on any atom is 0.0996 e. The van der Waals surface area contributed by atoms with Gasteiger partial charge in [0, 0.05) is 28.2 Å². The van der Waals surface area contributed by atoms with Gasteiger partial charge in [-0.1, -0.05) is 24.3 Å². The molecule has 6 heteroatoms. The van der Waals surface area contributed by atoms with Gasteiger partial charge in [-0.05, 0) is 90.1 Å². The van der Waals surface area contributed by atoms with Gasteiger partial charge < -0.3 is 0 Å². The van der Waals surface area contributed by atoms with Crippen LogP contribution in [0.3, 0.4) is 0 Å². The third-order valence-corrected chi connectivity index (χ3v) is 15.1. The van der Waals surface area contributed by atoms with Gasteiger partial charge in [0.2, 0.25) is 0 Å². The molecule has 38 heavy (non-hydrogen) atoms. The Balaban J connectivity index is 1.49. The smallest absolute Gasteiger partial charge is 0.0996 e. The number of hydrogen-bond donors (Lipinski definition) is 0. The second-order valence-corrected chi connectivity index (χ2v) is 19.1. The molecule has 4 heterocycles. The molecule has 4 nitrogen and oxygen atoms in total. The van der Waals surface area contributed by atoms with E-state index in [4.69, 9.17) is 9.97 Å². The summed E-state index contributed by atoms with van der Waals surface area (Å²) in [5.74, 6) is 0. The molecule has 2 unspecified atom stereocenters. The van der Waals surface area contributed by atoms with Gasteiger partial charge in [-0.2, -0.15) is 0 Å². The molecule has 2 atom stereocenters. The van der Waals surface area contributed by atoms with Crippen LogP contribution >= 0.6 is 15.8 Å². The second-order valence-electron chi connectivity index (χ2n) is 12.0. The van der Waals surface area contributed by atoms with Crippen LogP contribution in [-0.4, -0.2) is 42.6 Å². The van der Waals surface area contributed by atoms with Crippen LogP contribution in [0, 0.1) is 0 Å². The molecule has 0 aliphatic rings. The van der Waals surface area contributed by atoms with Crippen molar-refractivity contribution in [3.8, 4) is 22.8 Å². The lowest BCUT2D eigenvalue weighted by Crippen LogP contribution is -2.20. The quantitative estimate of drug-likeness (QED) is 0.199. The van der Waals surface area contributed by atoms with E-state index in [0.717, 1.165) is 35.1 Å². The van der Waals surface area contributed by atoms with Crippen molar-refractivity contribution in [1.82, 2.24) is 19.9 Å². The van der Waals surface area contributed by atoms with Crippen LogP contribution in [0.4, 0.5) is 0 Å². The highest BCUT2D eigenvalue weighted by molar-refractivity contribution is 7.62. The first kappa shape index (κ1) is 28.5. The van der Waals surface area contributed by atoms with Crippen molar-refractivity contribution in [3.05, 3.63) is 96.6 Å². The SMILES string of the molecule is CC(C)(C)[PH+](CC[PH+](Cc1cccc(-c2ccccn2)n1)C(C)(C)C)Cc1cccc(-c2ccccn2)n1. The molecular formula is C32H42N4P2+2. The van der Waals surface area contributed by atoms with Crippen LogP contribution in [-0.2, 0) is 12.3 Å². The Hall–Kier alpha value is -2.54. The summed E-state index contributed by atoms with van der Waals surface area (Å²) in [4.78, 5) is 19.1. The third kappa shape index (κ3) is 7.98. The highest BCUT2D eigenvalue weighted by Gasteiger charge is 2.38. The average Bonchev–Trinajstić information content (AvgIpc) is 2.90. The monoisotopic (exact) mass is 544 g/mol. The van der Waals surface area contributed by atoms with Crippen LogP contribution in [0.15, 0.2) is 85.2 Å². The molecule has 4 rings (SSSR count). The minimum atomic E-state index is -0.695. The topological polar surface area (TPSA) is 51.6 Å². The Kier molecular flexibility index (Phi) is 9.40. The Morgan fingerprint density at radius 2 is 0.895 bits per heavy atom. The van der Waals surface area contributed by atoms with Crippen molar-refractivity contribution in [2.45, 2.75) is 64.2 Å². The summed E-state index contributed by atoms with van der Waals surface area (Å²) in [6.45, 7) is 14.5. The summed E-state index contributed by atoms with van der Waals surface area (Å²) in [5.41, 5.74) is 6.22. The lowest BCUT2D eigenvalue weighted by molar-refractivity contribution is 0.769. The summed E-state index contributed by atoms with van der Waals surface area (Å²) < 4.78 is 0. The summed E-state index contributed by atoms with van der Waals surface area (Å²) in [6, 6.07) is 24.8. The van der Waals surface area contributed by atoms with Crippen molar-refractivity contribution in [2.75, 3.05) is 12.3 Å². The minimum Gasteiger partial charge on any atom is -0.255 e. The van der Waals surface area contributed by atoms with Crippen molar-refractivity contribution in [3.63, 3.8) is 0 Å². The number of hydrogen-bond acceptors (Lipinski definition) is 4. The zero-order valence-electron chi connectivity index (χ0n) is 23.7. The molecule has 0 saturated carbocycles. The van der Waals surface area contributed by atoms with Crippen molar-refractivity contribution < 1.29 is 0 Å². The van der Waals surface area contributed by atoms with Crippen LogP contribution in [0.25, 0.3) is 22.8 Å². The molecule has 4 aromatic rings. The number of nitrogens with zero attached hydrogens (tertiary/aromatic N) is 4. The van der Waals surface area contributed by atoms with E-state index in [0.29, 0.717) is 10.3 Å². The molecule has 0 aliphatic carbocycles. The van der Waals surface area contributed by atoms with Crippen LogP contribution in [0.2, 0.25) is 0 Å². The molecule has 0 saturated heterocycles. The highest BCUT2D eigenvalue weighted by Crippen LogP contribution is 2.58. The first-order valence-corrected chi connectivity index (χ1v) is 17.4. The molecule has 0 bridgehead atoms. The normalized spacial score (nSPS) is 13.7. The largest absolute Gasteiger partial charge is 0.255 e. The predicted molar refractivity (Wildman–Crippen MR) is 168 cm³/mol. The van der Waals surface area contributed by atoms with E-state index in [1.807, 2.05) is 48.8 Å². The van der Waals surface area contributed by atoms with Gasteiger partial charge in [-0.25, -0.2) is 9.97 Å². The maximum atomic E-state index is 5.03. The van der Waals surface area contributed by atoms with Gasteiger partial charge in [0.15, 0.2) is 0 Å². The van der Waals surface area contributed by atoms with Crippen molar-refractivity contribution in [2.24, 2.45) is 0 Å². The van der Waals surface area contributed by atoms with Gasteiger partial charge in [0.05, 0.1) is 69.1 Å². The van der Waals surface area contributed by atoms with Crippen LogP contribution < -0.4 is 0 Å². The van der Waals surface area contributed by atoms with E-state index in [1.165, 1.54) is 23.7 Å². The Morgan fingerprint density at radius 1 is 0.500 bits per heavy atom. The maximum absolute atomic E-state index is 5.03. The van der Waals surface area contributed by atoms with Gasteiger partial charge >= 0.3 is 0 Å². The van der Waals surface area contributed by atoms with Crippen molar-refractivity contribution in [1.29, 1.82) is 0 Å². The average molecular weight is 545 g/mol. The molecule has 198 valence electrons. The molecule has 0 aromatic carbocycles. The first-order valence-electron chi connectivity index (χ1n) is 13.5. The van der Waals surface area contributed by atoms with Gasteiger partial charge in [-0.15, -0.1) is 0 Å². The van der Waals surface area contributed by atoms with Crippen molar-refractivity contribution >= 4 is 15.8 Å². The van der Waals surface area contributed by atoms with E-state index in [2.05, 4.69) is 87.9 Å². The van der Waals surface area contributed by atoms with E-state index >= 15 is 0 Å². The standard InChI is InChI=1S/C32H40N4P2/c1-31(2,3)37(23-25-13-11-17-29(35-25)27-15-7-9-19-33-27)21-22-38(32(4,5)6)24-26-14-12-18-30(36-26)28-16-8-10-20-34-28/h7-20H,21-24H2,1-6H3/p+2. The minimum absolute atomic E-state index is 0.301. The predicted octanol–water partition coefficient (Wildman–Crippen LogP) is 8.33. The molecule has 0 N–H and O–H groups in total. The summed E-state index contributed by atoms with van der Waals surface area (Å²) in [7, 11) is -1.39. The highest BCUT2D eigenvalue weighted by atomic mass is 31.1. The Morgan fingerprint density at radius 3 is 1.24 bits per heavy atom. The summed E-state index contributed by atoms with van der Waals surface area (Å²) in [5, 5.41) is 0.602. The Bertz CT molecular complexity index is 1200. The molecule has 0 radical (unpaired) electrons. The van der Waals surface area contributed by atoms with Gasteiger partial charge in [-0.3, -0.25) is 9.97 Å².